The molecule has 5 unspecified atom stereocenters. The molecule has 5 atom stereocenters. The summed E-state index contributed by atoms with van der Waals surface area (Å²) in [5, 5.41) is 15.8. The van der Waals surface area contributed by atoms with E-state index in [2.05, 4.69) is 16.0 Å². The molecule has 0 fully saturated rings. The number of Topliss-reactive ketones (excluding diaryl/α,β-unsaturated/α-hetero) is 1. The van der Waals surface area contributed by atoms with Crippen LogP contribution in [0.3, 0.4) is 0 Å². The third kappa shape index (κ3) is 9.67. The topological polar surface area (TPSA) is 179 Å². The number of nitrogens with one attached hydrogen (secondary N) is 3. The molecule has 0 heterocycles. The highest BCUT2D eigenvalue weighted by atomic mass is 31.2. The Morgan fingerprint density at radius 1 is 0.966 bits per heavy atom. The Morgan fingerprint density at radius 2 is 1.52 bits per heavy atom. The standard InChI is InChI=1S/C17H30N3O8P/c1-6-14(20-17(26)13(7-15(23)24)19-12(5)22)29(27,28)8-9(2)16(25)18-10(3)11(4)21/h9-10,13-14H,6-8H2,1-5H3,(H,18,25)(H,19,22)(H,20,26)(H,23,24)(H,27,28). The number of carboxylic acids is 1. The fourth-order valence-corrected chi connectivity index (χ4v) is 4.55. The Kier molecular flexibility index (Phi) is 10.8. The lowest BCUT2D eigenvalue weighted by Gasteiger charge is -2.27. The molecule has 11 nitrogen and oxygen atoms in total. The lowest BCUT2D eigenvalue weighted by atomic mass is 10.1. The second-order valence-electron chi connectivity index (χ2n) is 6.96. The number of hydrogen-bond acceptors (Lipinski definition) is 6. The molecule has 0 aliphatic carbocycles. The highest BCUT2D eigenvalue weighted by molar-refractivity contribution is 7.58. The van der Waals surface area contributed by atoms with Crippen molar-refractivity contribution in [3.63, 3.8) is 0 Å². The number of ketones is 1. The number of carbonyl (C=O) groups excluding carboxylic acids is 4. The smallest absolute Gasteiger partial charge is 0.305 e. The van der Waals surface area contributed by atoms with Crippen LogP contribution in [0.25, 0.3) is 0 Å². The van der Waals surface area contributed by atoms with E-state index in [1.54, 1.807) is 6.92 Å². The van der Waals surface area contributed by atoms with Crippen LogP contribution in [-0.4, -0.2) is 63.5 Å². The van der Waals surface area contributed by atoms with Gasteiger partial charge in [-0.25, -0.2) is 0 Å². The summed E-state index contributed by atoms with van der Waals surface area (Å²) in [6.07, 6.45) is -1.11. The Labute approximate surface area is 169 Å². The van der Waals surface area contributed by atoms with Gasteiger partial charge in [0.25, 0.3) is 0 Å². The number of aliphatic carboxylic acids is 1. The van der Waals surface area contributed by atoms with Gasteiger partial charge in [-0.2, -0.15) is 0 Å². The number of carbonyl (C=O) groups is 5. The van der Waals surface area contributed by atoms with Gasteiger partial charge in [0.15, 0.2) is 5.78 Å². The van der Waals surface area contributed by atoms with Gasteiger partial charge < -0.3 is 26.0 Å². The molecule has 3 amide bonds. The first-order valence-corrected chi connectivity index (χ1v) is 11.0. The monoisotopic (exact) mass is 435 g/mol. The molecule has 0 aromatic heterocycles. The number of hydrogen-bond donors (Lipinski definition) is 5. The molecule has 166 valence electrons. The summed E-state index contributed by atoms with van der Waals surface area (Å²) in [6, 6.07) is -2.14. The van der Waals surface area contributed by atoms with Gasteiger partial charge in [0.1, 0.15) is 11.8 Å². The molecule has 0 aliphatic heterocycles. The Morgan fingerprint density at radius 3 is 1.93 bits per heavy atom. The zero-order chi connectivity index (χ0) is 22.9. The van der Waals surface area contributed by atoms with Gasteiger partial charge in [-0.3, -0.25) is 28.5 Å². The lowest BCUT2D eigenvalue weighted by Crippen LogP contribution is -2.50. The van der Waals surface area contributed by atoms with Crippen molar-refractivity contribution in [2.45, 2.75) is 65.3 Å². The predicted octanol–water partition coefficient (Wildman–Crippen LogP) is -0.182. The summed E-state index contributed by atoms with van der Waals surface area (Å²) < 4.78 is 12.8. The van der Waals surface area contributed by atoms with Crippen LogP contribution in [0.4, 0.5) is 0 Å². The average molecular weight is 435 g/mol. The fraction of sp³-hybridized carbons (Fsp3) is 0.706. The first-order chi connectivity index (χ1) is 13.2. The largest absolute Gasteiger partial charge is 0.481 e. The van der Waals surface area contributed by atoms with Crippen molar-refractivity contribution in [1.82, 2.24) is 16.0 Å². The molecule has 0 bridgehead atoms. The molecular formula is C17H30N3O8P. The molecule has 0 rings (SSSR count). The van der Waals surface area contributed by atoms with E-state index in [9.17, 15) is 33.4 Å². The van der Waals surface area contributed by atoms with Crippen LogP contribution in [0, 0.1) is 5.92 Å². The Hall–Kier alpha value is -2.26. The highest BCUT2D eigenvalue weighted by Crippen LogP contribution is 2.48. The van der Waals surface area contributed by atoms with Crippen LogP contribution >= 0.6 is 7.37 Å². The fourth-order valence-electron chi connectivity index (χ4n) is 2.44. The van der Waals surface area contributed by atoms with Crippen molar-refractivity contribution < 1.29 is 38.5 Å². The second-order valence-corrected chi connectivity index (χ2v) is 9.46. The summed E-state index contributed by atoms with van der Waals surface area (Å²) in [5.41, 5.74) is 0. The summed E-state index contributed by atoms with van der Waals surface area (Å²) >= 11 is 0. The van der Waals surface area contributed by atoms with Crippen molar-refractivity contribution in [1.29, 1.82) is 0 Å². The molecule has 0 spiro atoms. The van der Waals surface area contributed by atoms with E-state index in [1.807, 2.05) is 0 Å². The first-order valence-electron chi connectivity index (χ1n) is 9.12. The summed E-state index contributed by atoms with van der Waals surface area (Å²) in [5.74, 6) is -5.86. The minimum atomic E-state index is -4.08. The molecule has 0 aliphatic rings. The molecule has 0 radical (unpaired) electrons. The number of amides is 3. The van der Waals surface area contributed by atoms with Gasteiger partial charge in [0.05, 0.1) is 12.5 Å². The molecule has 5 N–H and O–H groups in total. The third-order valence-corrected chi connectivity index (χ3v) is 6.75. The van der Waals surface area contributed by atoms with E-state index in [0.717, 1.165) is 6.92 Å². The van der Waals surface area contributed by atoms with Crippen LogP contribution < -0.4 is 16.0 Å². The van der Waals surface area contributed by atoms with Gasteiger partial charge in [-0.05, 0) is 20.3 Å². The number of rotatable bonds is 12. The molecule has 0 aromatic rings. The van der Waals surface area contributed by atoms with E-state index in [4.69, 9.17) is 5.11 Å². The van der Waals surface area contributed by atoms with E-state index in [1.165, 1.54) is 20.8 Å². The molecular weight excluding hydrogens is 405 g/mol. The summed E-state index contributed by atoms with van der Waals surface area (Å²) in [4.78, 5) is 68.2. The van der Waals surface area contributed by atoms with E-state index in [0.29, 0.717) is 0 Å². The molecule has 0 aromatic carbocycles. The Bertz CT molecular complexity index is 680. The number of carboxylic acid groups (broad SMARTS) is 1. The zero-order valence-corrected chi connectivity index (χ0v) is 18.1. The van der Waals surface area contributed by atoms with E-state index < -0.39 is 67.4 Å². The molecule has 0 saturated heterocycles. The molecule has 29 heavy (non-hydrogen) atoms. The summed E-state index contributed by atoms with van der Waals surface area (Å²) in [6.45, 7) is 6.87. The minimum Gasteiger partial charge on any atom is -0.481 e. The van der Waals surface area contributed by atoms with Crippen molar-refractivity contribution in [3.05, 3.63) is 0 Å². The molecule has 12 heteroatoms. The summed E-state index contributed by atoms with van der Waals surface area (Å²) in [7, 11) is -4.08. The average Bonchev–Trinajstić information content (AvgIpc) is 2.56. The maximum absolute atomic E-state index is 12.8. The van der Waals surface area contributed by atoms with Gasteiger partial charge in [-0.1, -0.05) is 13.8 Å². The maximum atomic E-state index is 12.8. The van der Waals surface area contributed by atoms with Crippen molar-refractivity contribution in [2.75, 3.05) is 6.16 Å². The molecule has 0 saturated carbocycles. The van der Waals surface area contributed by atoms with Crippen molar-refractivity contribution in [2.24, 2.45) is 5.92 Å². The van der Waals surface area contributed by atoms with Crippen LogP contribution in [-0.2, 0) is 28.5 Å². The van der Waals surface area contributed by atoms with Crippen LogP contribution in [0.1, 0.15) is 47.5 Å². The highest BCUT2D eigenvalue weighted by Gasteiger charge is 2.36. The predicted molar refractivity (Wildman–Crippen MR) is 104 cm³/mol. The first kappa shape index (κ1) is 26.7. The third-order valence-electron chi connectivity index (χ3n) is 4.21. The van der Waals surface area contributed by atoms with Crippen LogP contribution in [0.5, 0.6) is 0 Å². The normalized spacial score (nSPS) is 17.0. The van der Waals surface area contributed by atoms with Crippen LogP contribution in [0.15, 0.2) is 0 Å². The van der Waals surface area contributed by atoms with E-state index in [-0.39, 0.29) is 12.2 Å². The van der Waals surface area contributed by atoms with Gasteiger partial charge in [0, 0.05) is 19.0 Å². The Balaban J connectivity index is 5.20. The van der Waals surface area contributed by atoms with Crippen molar-refractivity contribution in [3.8, 4) is 0 Å². The minimum absolute atomic E-state index is 0.0393. The van der Waals surface area contributed by atoms with E-state index >= 15 is 0 Å². The lowest BCUT2D eigenvalue weighted by molar-refractivity contribution is -0.140. The maximum Gasteiger partial charge on any atom is 0.305 e. The van der Waals surface area contributed by atoms with Gasteiger partial charge in [-0.15, -0.1) is 0 Å². The zero-order valence-electron chi connectivity index (χ0n) is 17.2. The van der Waals surface area contributed by atoms with Gasteiger partial charge >= 0.3 is 5.97 Å². The SMILES string of the molecule is CCC(NC(=O)C(CC(=O)O)NC(C)=O)P(=O)(O)CC(C)C(=O)NC(C)C(C)=O. The van der Waals surface area contributed by atoms with Crippen molar-refractivity contribution >= 4 is 36.8 Å². The quantitative estimate of drug-likeness (QED) is 0.262. The van der Waals surface area contributed by atoms with Gasteiger partial charge in [0.2, 0.25) is 25.1 Å². The second kappa shape index (κ2) is 11.7. The van der Waals surface area contributed by atoms with Crippen LogP contribution in [0.2, 0.25) is 0 Å².